The van der Waals surface area contributed by atoms with Gasteiger partial charge in [-0.25, -0.2) is 14.2 Å². The number of hydrogen-bond acceptors (Lipinski definition) is 3. The fourth-order valence-corrected chi connectivity index (χ4v) is 1.99. The SMILES string of the molecule is NNC(c1cccc(F)c1F)c1occc1Br. The van der Waals surface area contributed by atoms with Gasteiger partial charge in [0.25, 0.3) is 0 Å². The van der Waals surface area contributed by atoms with E-state index in [0.29, 0.717) is 10.2 Å². The Morgan fingerprint density at radius 2 is 2.06 bits per heavy atom. The van der Waals surface area contributed by atoms with Crippen LogP contribution in [-0.2, 0) is 0 Å². The van der Waals surface area contributed by atoms with Crippen LogP contribution in [-0.4, -0.2) is 0 Å². The monoisotopic (exact) mass is 302 g/mol. The van der Waals surface area contributed by atoms with Crippen molar-refractivity contribution in [3.05, 3.63) is 58.0 Å². The molecule has 6 heteroatoms. The van der Waals surface area contributed by atoms with E-state index in [2.05, 4.69) is 21.4 Å². The van der Waals surface area contributed by atoms with E-state index in [1.54, 1.807) is 6.07 Å². The van der Waals surface area contributed by atoms with E-state index in [9.17, 15) is 8.78 Å². The summed E-state index contributed by atoms with van der Waals surface area (Å²) >= 11 is 3.24. The van der Waals surface area contributed by atoms with Crippen LogP contribution < -0.4 is 11.3 Å². The lowest BCUT2D eigenvalue weighted by Gasteiger charge is -2.15. The van der Waals surface area contributed by atoms with E-state index in [1.807, 2.05) is 0 Å². The number of benzene rings is 1. The summed E-state index contributed by atoms with van der Waals surface area (Å²) in [5.41, 5.74) is 2.49. The van der Waals surface area contributed by atoms with Crippen molar-refractivity contribution < 1.29 is 13.2 Å². The minimum Gasteiger partial charge on any atom is -0.466 e. The molecule has 3 nitrogen and oxygen atoms in total. The Morgan fingerprint density at radius 3 is 2.65 bits per heavy atom. The van der Waals surface area contributed by atoms with Crippen LogP contribution in [0.25, 0.3) is 0 Å². The van der Waals surface area contributed by atoms with Gasteiger partial charge in [0.2, 0.25) is 0 Å². The van der Waals surface area contributed by atoms with Gasteiger partial charge in [-0.05, 0) is 28.1 Å². The first-order valence-electron chi connectivity index (χ1n) is 4.78. The van der Waals surface area contributed by atoms with Gasteiger partial charge in [-0.2, -0.15) is 0 Å². The largest absolute Gasteiger partial charge is 0.466 e. The summed E-state index contributed by atoms with van der Waals surface area (Å²) in [7, 11) is 0. The van der Waals surface area contributed by atoms with E-state index in [0.717, 1.165) is 6.07 Å². The molecule has 0 aliphatic carbocycles. The molecule has 1 aromatic heterocycles. The third-order valence-electron chi connectivity index (χ3n) is 2.37. The minimum atomic E-state index is -0.946. The molecule has 1 aromatic carbocycles. The minimum absolute atomic E-state index is 0.0863. The maximum absolute atomic E-state index is 13.6. The number of hydrogen-bond donors (Lipinski definition) is 2. The van der Waals surface area contributed by atoms with Crippen LogP contribution in [0.15, 0.2) is 39.4 Å². The molecule has 0 aliphatic rings. The Bertz CT molecular complexity index is 530. The highest BCUT2D eigenvalue weighted by atomic mass is 79.9. The summed E-state index contributed by atoms with van der Waals surface area (Å²) in [6.07, 6.45) is 1.43. The Hall–Kier alpha value is -1.24. The first-order valence-corrected chi connectivity index (χ1v) is 5.57. The van der Waals surface area contributed by atoms with Gasteiger partial charge >= 0.3 is 0 Å². The zero-order valence-corrected chi connectivity index (χ0v) is 10.2. The highest BCUT2D eigenvalue weighted by Gasteiger charge is 2.23. The van der Waals surface area contributed by atoms with E-state index >= 15 is 0 Å². The van der Waals surface area contributed by atoms with Crippen LogP contribution in [0.5, 0.6) is 0 Å². The molecule has 1 unspecified atom stereocenters. The van der Waals surface area contributed by atoms with Crippen LogP contribution >= 0.6 is 15.9 Å². The molecule has 0 saturated heterocycles. The van der Waals surface area contributed by atoms with Gasteiger partial charge in [-0.1, -0.05) is 12.1 Å². The molecule has 0 amide bonds. The van der Waals surface area contributed by atoms with Crippen LogP contribution in [0.3, 0.4) is 0 Å². The Labute approximate surface area is 105 Å². The molecule has 0 fully saturated rings. The summed E-state index contributed by atoms with van der Waals surface area (Å²) in [6, 6.07) is 4.79. The number of hydrazine groups is 1. The molecular formula is C11H9BrF2N2O. The fourth-order valence-electron chi connectivity index (χ4n) is 1.56. The maximum atomic E-state index is 13.6. The third kappa shape index (κ3) is 2.24. The number of furan rings is 1. The summed E-state index contributed by atoms with van der Waals surface area (Å²) in [5.74, 6) is 3.88. The summed E-state index contributed by atoms with van der Waals surface area (Å²) < 4.78 is 32.6. The lowest BCUT2D eigenvalue weighted by molar-refractivity contribution is 0.428. The average Bonchev–Trinajstić information content (AvgIpc) is 2.72. The van der Waals surface area contributed by atoms with Gasteiger partial charge in [0.15, 0.2) is 11.6 Å². The molecule has 90 valence electrons. The third-order valence-corrected chi connectivity index (χ3v) is 3.02. The van der Waals surface area contributed by atoms with Crippen molar-refractivity contribution in [2.24, 2.45) is 5.84 Å². The second-order valence-electron chi connectivity index (χ2n) is 3.38. The maximum Gasteiger partial charge on any atom is 0.164 e. The number of nitrogens with one attached hydrogen (secondary N) is 1. The van der Waals surface area contributed by atoms with Crippen LogP contribution in [0.2, 0.25) is 0 Å². The molecule has 3 N–H and O–H groups in total. The molecule has 0 spiro atoms. The lowest BCUT2D eigenvalue weighted by Crippen LogP contribution is -2.29. The highest BCUT2D eigenvalue weighted by molar-refractivity contribution is 9.10. The van der Waals surface area contributed by atoms with Crippen LogP contribution in [0, 0.1) is 11.6 Å². The summed E-state index contributed by atoms with van der Waals surface area (Å²) in [4.78, 5) is 0. The predicted molar refractivity (Wildman–Crippen MR) is 61.9 cm³/mol. The molecule has 2 rings (SSSR count). The Kier molecular flexibility index (Phi) is 3.56. The smallest absolute Gasteiger partial charge is 0.164 e. The Morgan fingerprint density at radius 1 is 1.29 bits per heavy atom. The van der Waals surface area contributed by atoms with E-state index in [-0.39, 0.29) is 5.56 Å². The zero-order chi connectivity index (χ0) is 12.4. The van der Waals surface area contributed by atoms with E-state index < -0.39 is 17.7 Å². The molecule has 0 saturated carbocycles. The standard InChI is InChI=1S/C11H9BrF2N2O/c12-7-4-5-17-11(7)10(16-15)6-2-1-3-8(13)9(6)14/h1-5,10,16H,15H2. The van der Waals surface area contributed by atoms with Gasteiger partial charge < -0.3 is 4.42 Å². The van der Waals surface area contributed by atoms with Crippen molar-refractivity contribution in [3.8, 4) is 0 Å². The summed E-state index contributed by atoms with van der Waals surface area (Å²) in [5, 5.41) is 0. The normalized spacial score (nSPS) is 12.7. The molecule has 1 atom stereocenters. The van der Waals surface area contributed by atoms with E-state index in [4.69, 9.17) is 10.3 Å². The molecular weight excluding hydrogens is 294 g/mol. The van der Waals surface area contributed by atoms with Gasteiger partial charge in [0, 0.05) is 5.56 Å². The summed E-state index contributed by atoms with van der Waals surface area (Å²) in [6.45, 7) is 0. The molecule has 17 heavy (non-hydrogen) atoms. The number of nitrogens with two attached hydrogens (primary N) is 1. The zero-order valence-electron chi connectivity index (χ0n) is 8.58. The number of halogens is 3. The van der Waals surface area contributed by atoms with Gasteiger partial charge in [0.1, 0.15) is 11.8 Å². The first-order chi connectivity index (χ1) is 8.15. The van der Waals surface area contributed by atoms with Crippen LogP contribution in [0.1, 0.15) is 17.4 Å². The lowest BCUT2D eigenvalue weighted by atomic mass is 10.0. The first kappa shape index (κ1) is 12.2. The van der Waals surface area contributed by atoms with Gasteiger partial charge in [-0.3, -0.25) is 5.84 Å². The Balaban J connectivity index is 2.50. The fraction of sp³-hybridized carbons (Fsp3) is 0.0909. The quantitative estimate of drug-likeness (QED) is 0.677. The number of rotatable bonds is 3. The van der Waals surface area contributed by atoms with Crippen molar-refractivity contribution in [1.29, 1.82) is 0 Å². The van der Waals surface area contributed by atoms with Crippen molar-refractivity contribution in [2.75, 3.05) is 0 Å². The molecule has 0 radical (unpaired) electrons. The van der Waals surface area contributed by atoms with Crippen molar-refractivity contribution in [2.45, 2.75) is 6.04 Å². The molecule has 0 aliphatic heterocycles. The van der Waals surface area contributed by atoms with Gasteiger partial charge in [-0.15, -0.1) is 0 Å². The van der Waals surface area contributed by atoms with Crippen molar-refractivity contribution >= 4 is 15.9 Å². The van der Waals surface area contributed by atoms with Crippen LogP contribution in [0.4, 0.5) is 8.78 Å². The van der Waals surface area contributed by atoms with Crippen molar-refractivity contribution in [1.82, 2.24) is 5.43 Å². The molecule has 1 heterocycles. The highest BCUT2D eigenvalue weighted by Crippen LogP contribution is 2.30. The van der Waals surface area contributed by atoms with E-state index in [1.165, 1.54) is 18.4 Å². The van der Waals surface area contributed by atoms with Crippen molar-refractivity contribution in [3.63, 3.8) is 0 Å². The molecule has 0 bridgehead atoms. The average molecular weight is 303 g/mol. The van der Waals surface area contributed by atoms with Gasteiger partial charge in [0.05, 0.1) is 10.7 Å². The predicted octanol–water partition coefficient (Wildman–Crippen LogP) is 2.87. The second kappa shape index (κ2) is 4.95. The second-order valence-corrected chi connectivity index (χ2v) is 4.23. The topological polar surface area (TPSA) is 51.2 Å². The molecule has 2 aromatic rings.